The van der Waals surface area contributed by atoms with Crippen molar-refractivity contribution >= 4 is 5.91 Å². The smallest absolute Gasteiger partial charge is 0.281 e. The number of nitrogen functional groups attached to an aromatic ring is 1. The second-order valence-corrected chi connectivity index (χ2v) is 2.94. The van der Waals surface area contributed by atoms with Crippen LogP contribution in [0.25, 0.3) is 0 Å². The highest BCUT2D eigenvalue weighted by Gasteiger charge is 2.11. The molecule has 0 spiro atoms. The van der Waals surface area contributed by atoms with Gasteiger partial charge in [0.15, 0.2) is 0 Å². The summed E-state index contributed by atoms with van der Waals surface area (Å²) in [5, 5.41) is 0. The minimum absolute atomic E-state index is 0.272. The number of hydrazine groups is 1. The van der Waals surface area contributed by atoms with E-state index in [0.29, 0.717) is 12.2 Å². The number of hydrogen-bond acceptors (Lipinski definition) is 2. The molecular formula is C10H15N3O. The quantitative estimate of drug-likeness (QED) is 0.322. The number of carbonyl (C=O) groups is 1. The van der Waals surface area contributed by atoms with Crippen molar-refractivity contribution in [2.24, 2.45) is 5.84 Å². The third-order valence-corrected chi connectivity index (χ3v) is 2.11. The molecule has 0 atom stereocenters. The molecule has 1 amide bonds. The molecule has 3 N–H and O–H groups in total. The van der Waals surface area contributed by atoms with Gasteiger partial charge in [0.2, 0.25) is 0 Å². The minimum atomic E-state index is -0.272. The largest absolute Gasteiger partial charge is 0.337 e. The number of nitrogens with one attached hydrogen (secondary N) is 1. The molecule has 0 radical (unpaired) electrons. The van der Waals surface area contributed by atoms with Gasteiger partial charge in [-0.3, -0.25) is 10.2 Å². The number of aryl methyl sites for hydroxylation is 1. The van der Waals surface area contributed by atoms with Crippen molar-refractivity contribution < 1.29 is 4.79 Å². The van der Waals surface area contributed by atoms with Gasteiger partial charge in [0.1, 0.15) is 5.69 Å². The van der Waals surface area contributed by atoms with E-state index in [9.17, 15) is 4.79 Å². The van der Waals surface area contributed by atoms with E-state index < -0.39 is 0 Å². The fourth-order valence-corrected chi connectivity index (χ4v) is 1.44. The van der Waals surface area contributed by atoms with Crippen LogP contribution >= 0.6 is 0 Å². The molecule has 14 heavy (non-hydrogen) atoms. The van der Waals surface area contributed by atoms with Crippen molar-refractivity contribution in [3.05, 3.63) is 36.2 Å². The average Bonchev–Trinajstić information content (AvgIpc) is 2.60. The molecule has 0 aromatic carbocycles. The Morgan fingerprint density at radius 3 is 2.93 bits per heavy atom. The van der Waals surface area contributed by atoms with Crippen LogP contribution in [0.2, 0.25) is 0 Å². The second kappa shape index (κ2) is 4.62. The van der Waals surface area contributed by atoms with Crippen molar-refractivity contribution in [3.63, 3.8) is 0 Å². The maximum atomic E-state index is 11.3. The molecule has 1 aromatic heterocycles. The number of aromatic nitrogens is 1. The molecule has 0 bridgehead atoms. The first kappa shape index (κ1) is 10.5. The number of allylic oxidation sites excluding steroid dienone is 1. The normalized spacial score (nSPS) is 9.86. The molecule has 4 heteroatoms. The minimum Gasteiger partial charge on any atom is -0.337 e. The summed E-state index contributed by atoms with van der Waals surface area (Å²) in [5.41, 5.74) is 3.80. The van der Waals surface area contributed by atoms with Crippen LogP contribution in [0.4, 0.5) is 0 Å². The molecule has 1 rings (SSSR count). The number of nitrogens with two attached hydrogens (primary N) is 1. The van der Waals surface area contributed by atoms with Gasteiger partial charge in [0, 0.05) is 12.2 Å². The van der Waals surface area contributed by atoms with Crippen LogP contribution in [0.5, 0.6) is 0 Å². The fraction of sp³-hybridized carbons (Fsp3) is 0.300. The molecule has 0 fully saturated rings. The van der Waals surface area contributed by atoms with Crippen molar-refractivity contribution in [1.29, 1.82) is 0 Å². The summed E-state index contributed by atoms with van der Waals surface area (Å²) in [4.78, 5) is 11.3. The van der Waals surface area contributed by atoms with Crippen LogP contribution < -0.4 is 11.3 Å². The first-order chi connectivity index (χ1) is 6.74. The standard InChI is InChI=1S/C10H15N3O/c1-3-7-13-8(4-2)5-6-9(13)10(14)12-11/h3,5-6H,1,4,7,11H2,2H3,(H,12,14). The van der Waals surface area contributed by atoms with Crippen molar-refractivity contribution in [3.8, 4) is 0 Å². The van der Waals surface area contributed by atoms with Crippen LogP contribution in [0, 0.1) is 0 Å². The average molecular weight is 193 g/mol. The predicted molar refractivity (Wildman–Crippen MR) is 55.7 cm³/mol. The Hall–Kier alpha value is -1.55. The topological polar surface area (TPSA) is 60.0 Å². The monoisotopic (exact) mass is 193 g/mol. The van der Waals surface area contributed by atoms with Gasteiger partial charge < -0.3 is 4.57 Å². The van der Waals surface area contributed by atoms with E-state index in [4.69, 9.17) is 5.84 Å². The summed E-state index contributed by atoms with van der Waals surface area (Å²) in [6, 6.07) is 3.69. The summed E-state index contributed by atoms with van der Waals surface area (Å²) in [5.74, 6) is 4.81. The maximum Gasteiger partial charge on any atom is 0.281 e. The van der Waals surface area contributed by atoms with Crippen LogP contribution in [-0.4, -0.2) is 10.5 Å². The predicted octanol–water partition coefficient (Wildman–Crippen LogP) is 0.840. The summed E-state index contributed by atoms with van der Waals surface area (Å²) >= 11 is 0. The number of rotatable bonds is 4. The van der Waals surface area contributed by atoms with Gasteiger partial charge in [-0.25, -0.2) is 5.84 Å². The third kappa shape index (κ3) is 1.85. The maximum absolute atomic E-state index is 11.3. The van der Waals surface area contributed by atoms with Gasteiger partial charge in [-0.2, -0.15) is 0 Å². The Kier molecular flexibility index (Phi) is 3.48. The van der Waals surface area contributed by atoms with E-state index in [2.05, 4.69) is 12.0 Å². The highest BCUT2D eigenvalue weighted by atomic mass is 16.2. The van der Waals surface area contributed by atoms with Crippen molar-refractivity contribution in [1.82, 2.24) is 9.99 Å². The van der Waals surface area contributed by atoms with E-state index in [1.165, 1.54) is 0 Å². The number of carbonyl (C=O) groups excluding carboxylic acids is 1. The fourth-order valence-electron chi connectivity index (χ4n) is 1.44. The van der Waals surface area contributed by atoms with Crippen LogP contribution in [0.3, 0.4) is 0 Å². The molecule has 0 aliphatic carbocycles. The molecule has 0 aliphatic heterocycles. The van der Waals surface area contributed by atoms with E-state index in [1.54, 1.807) is 12.1 Å². The second-order valence-electron chi connectivity index (χ2n) is 2.94. The van der Waals surface area contributed by atoms with Gasteiger partial charge in [0.25, 0.3) is 5.91 Å². The van der Waals surface area contributed by atoms with Gasteiger partial charge in [-0.15, -0.1) is 6.58 Å². The Morgan fingerprint density at radius 1 is 1.71 bits per heavy atom. The summed E-state index contributed by atoms with van der Waals surface area (Å²) in [7, 11) is 0. The number of nitrogens with zero attached hydrogens (tertiary/aromatic N) is 1. The van der Waals surface area contributed by atoms with E-state index in [1.807, 2.05) is 17.6 Å². The van der Waals surface area contributed by atoms with E-state index >= 15 is 0 Å². The Bertz CT molecular complexity index is 341. The Morgan fingerprint density at radius 2 is 2.43 bits per heavy atom. The Balaban J connectivity index is 3.09. The Labute approximate surface area is 83.4 Å². The first-order valence-corrected chi connectivity index (χ1v) is 4.54. The third-order valence-electron chi connectivity index (χ3n) is 2.11. The molecule has 1 heterocycles. The van der Waals surface area contributed by atoms with Crippen molar-refractivity contribution in [2.75, 3.05) is 0 Å². The highest BCUT2D eigenvalue weighted by Crippen LogP contribution is 2.10. The first-order valence-electron chi connectivity index (χ1n) is 4.54. The van der Waals surface area contributed by atoms with Crippen molar-refractivity contribution in [2.45, 2.75) is 19.9 Å². The van der Waals surface area contributed by atoms with E-state index in [-0.39, 0.29) is 5.91 Å². The summed E-state index contributed by atoms with van der Waals surface area (Å²) in [6.45, 7) is 6.32. The molecule has 0 saturated heterocycles. The lowest BCUT2D eigenvalue weighted by Crippen LogP contribution is -2.32. The van der Waals surface area contributed by atoms with Gasteiger partial charge in [-0.05, 0) is 18.6 Å². The molecule has 0 aliphatic rings. The molecule has 4 nitrogen and oxygen atoms in total. The summed E-state index contributed by atoms with van der Waals surface area (Å²) in [6.07, 6.45) is 2.64. The lowest BCUT2D eigenvalue weighted by Gasteiger charge is -2.08. The SMILES string of the molecule is C=CCn1c(CC)ccc1C(=O)NN. The molecule has 0 unspecified atom stereocenters. The molecular weight excluding hydrogens is 178 g/mol. The van der Waals surface area contributed by atoms with Crippen LogP contribution in [0.15, 0.2) is 24.8 Å². The molecule has 1 aromatic rings. The van der Waals surface area contributed by atoms with Crippen LogP contribution in [0.1, 0.15) is 23.1 Å². The lowest BCUT2D eigenvalue weighted by molar-refractivity contribution is 0.0944. The van der Waals surface area contributed by atoms with Gasteiger partial charge in [0.05, 0.1) is 0 Å². The molecule has 76 valence electrons. The zero-order valence-corrected chi connectivity index (χ0v) is 8.29. The zero-order chi connectivity index (χ0) is 10.6. The highest BCUT2D eigenvalue weighted by molar-refractivity contribution is 5.92. The number of hydrogen-bond donors (Lipinski definition) is 2. The van der Waals surface area contributed by atoms with Gasteiger partial charge in [-0.1, -0.05) is 13.0 Å². The number of amides is 1. The van der Waals surface area contributed by atoms with E-state index in [0.717, 1.165) is 12.1 Å². The molecule has 0 saturated carbocycles. The van der Waals surface area contributed by atoms with Gasteiger partial charge >= 0.3 is 0 Å². The zero-order valence-electron chi connectivity index (χ0n) is 8.29. The summed E-state index contributed by atoms with van der Waals surface area (Å²) < 4.78 is 1.90. The lowest BCUT2D eigenvalue weighted by atomic mass is 10.3. The van der Waals surface area contributed by atoms with Crippen LogP contribution in [-0.2, 0) is 13.0 Å².